The third-order valence-corrected chi connectivity index (χ3v) is 3.16. The molecule has 0 amide bonds. The lowest BCUT2D eigenvalue weighted by Crippen LogP contribution is -2.27. The predicted octanol–water partition coefficient (Wildman–Crippen LogP) is 2.51. The summed E-state index contributed by atoms with van der Waals surface area (Å²) in [4.78, 5) is 23.1. The monoisotopic (exact) mass is 342 g/mol. The molecule has 1 heterocycles. The molecule has 0 aliphatic carbocycles. The largest absolute Gasteiger partial charge is 0.478 e. The van der Waals surface area contributed by atoms with E-state index in [9.17, 15) is 9.59 Å². The van der Waals surface area contributed by atoms with E-state index >= 15 is 0 Å². The smallest absolute Gasteiger partial charge is 0.328 e. The van der Waals surface area contributed by atoms with Crippen molar-refractivity contribution >= 4 is 11.9 Å². The first-order chi connectivity index (χ1) is 12.0. The maximum Gasteiger partial charge on any atom is 0.328 e. The van der Waals surface area contributed by atoms with Gasteiger partial charge in [-0.3, -0.25) is 4.98 Å². The van der Waals surface area contributed by atoms with Crippen molar-refractivity contribution in [3.63, 3.8) is 0 Å². The van der Waals surface area contributed by atoms with Gasteiger partial charge in [0.1, 0.15) is 0 Å². The van der Waals surface area contributed by atoms with Crippen molar-refractivity contribution in [3.8, 4) is 0 Å². The lowest BCUT2D eigenvalue weighted by Gasteiger charge is -2.13. The minimum Gasteiger partial charge on any atom is -0.478 e. The molecule has 2 aromatic rings. The van der Waals surface area contributed by atoms with E-state index in [1.165, 1.54) is 11.1 Å². The molecule has 0 saturated heterocycles. The van der Waals surface area contributed by atoms with Crippen LogP contribution in [-0.4, -0.2) is 33.2 Å². The van der Waals surface area contributed by atoms with E-state index in [2.05, 4.69) is 47.6 Å². The third kappa shape index (κ3) is 10.4. The van der Waals surface area contributed by atoms with E-state index in [4.69, 9.17) is 10.2 Å². The maximum absolute atomic E-state index is 9.55. The molecule has 1 aromatic heterocycles. The third-order valence-electron chi connectivity index (χ3n) is 3.16. The van der Waals surface area contributed by atoms with Crippen molar-refractivity contribution in [2.45, 2.75) is 25.9 Å². The van der Waals surface area contributed by atoms with Gasteiger partial charge < -0.3 is 15.5 Å². The van der Waals surface area contributed by atoms with Gasteiger partial charge in [-0.25, -0.2) is 9.59 Å². The molecular weight excluding hydrogens is 320 g/mol. The van der Waals surface area contributed by atoms with Gasteiger partial charge in [0.05, 0.1) is 0 Å². The summed E-state index contributed by atoms with van der Waals surface area (Å²) in [6.45, 7) is 3.12. The van der Waals surface area contributed by atoms with Crippen LogP contribution in [0.3, 0.4) is 0 Å². The molecule has 0 bridgehead atoms. The summed E-state index contributed by atoms with van der Waals surface area (Å²) in [5, 5.41) is 19.1. The Morgan fingerprint density at radius 1 is 1.00 bits per heavy atom. The second-order valence-corrected chi connectivity index (χ2v) is 5.34. The van der Waals surface area contributed by atoms with E-state index in [0.717, 1.165) is 13.0 Å². The zero-order valence-electron chi connectivity index (χ0n) is 14.0. The quantitative estimate of drug-likeness (QED) is 0.669. The number of carboxylic acids is 2. The first kappa shape index (κ1) is 20.1. The molecule has 0 saturated carbocycles. The molecule has 0 aliphatic rings. The van der Waals surface area contributed by atoms with Crippen LogP contribution in [0.2, 0.25) is 0 Å². The van der Waals surface area contributed by atoms with Gasteiger partial charge in [-0.05, 0) is 36.6 Å². The Labute approximate surface area is 146 Å². The Morgan fingerprint density at radius 2 is 1.56 bits per heavy atom. The Kier molecular flexibility index (Phi) is 9.25. The maximum atomic E-state index is 9.55. The fourth-order valence-electron chi connectivity index (χ4n) is 1.98. The van der Waals surface area contributed by atoms with E-state index < -0.39 is 11.9 Å². The van der Waals surface area contributed by atoms with Crippen LogP contribution in [0.4, 0.5) is 0 Å². The number of carbonyl (C=O) groups is 2. The summed E-state index contributed by atoms with van der Waals surface area (Å²) >= 11 is 0. The molecular formula is C19H22N2O4. The van der Waals surface area contributed by atoms with Crippen LogP contribution in [0.5, 0.6) is 0 Å². The number of pyridine rings is 1. The minimum absolute atomic E-state index is 0.477. The SMILES string of the molecule is CC(Cc1ccccc1)NCc1ccncc1.O=C(O)/C=C\C(=O)O. The number of rotatable bonds is 7. The van der Waals surface area contributed by atoms with Crippen molar-refractivity contribution in [2.24, 2.45) is 0 Å². The highest BCUT2D eigenvalue weighted by Gasteiger charge is 2.02. The standard InChI is InChI=1S/C15H18N2.C4H4O4/c1-13(11-14-5-3-2-4-6-14)17-12-15-7-9-16-10-8-15;5-3(6)1-2-4(7)8/h2-10,13,17H,11-12H2,1H3;1-2H,(H,5,6)(H,7,8)/b;2-1-. The van der Waals surface area contributed by atoms with Gasteiger partial charge in [-0.1, -0.05) is 30.3 Å². The second kappa shape index (κ2) is 11.5. The zero-order chi connectivity index (χ0) is 18.5. The molecule has 6 nitrogen and oxygen atoms in total. The van der Waals surface area contributed by atoms with Crippen molar-refractivity contribution in [1.29, 1.82) is 0 Å². The van der Waals surface area contributed by atoms with Crippen LogP contribution in [0, 0.1) is 0 Å². The fourth-order valence-corrected chi connectivity index (χ4v) is 1.98. The molecule has 2 rings (SSSR count). The van der Waals surface area contributed by atoms with Crippen LogP contribution in [0.25, 0.3) is 0 Å². The topological polar surface area (TPSA) is 99.5 Å². The summed E-state index contributed by atoms with van der Waals surface area (Å²) in [7, 11) is 0. The van der Waals surface area contributed by atoms with Crippen molar-refractivity contribution < 1.29 is 19.8 Å². The highest BCUT2D eigenvalue weighted by molar-refractivity contribution is 5.89. The number of nitrogens with zero attached hydrogens (tertiary/aromatic N) is 1. The summed E-state index contributed by atoms with van der Waals surface area (Å²) in [6, 6.07) is 15.1. The Hall–Kier alpha value is -2.99. The number of aliphatic carboxylic acids is 2. The van der Waals surface area contributed by atoms with Crippen LogP contribution in [-0.2, 0) is 22.6 Å². The Morgan fingerprint density at radius 3 is 2.08 bits per heavy atom. The zero-order valence-corrected chi connectivity index (χ0v) is 14.0. The second-order valence-electron chi connectivity index (χ2n) is 5.34. The molecule has 3 N–H and O–H groups in total. The van der Waals surface area contributed by atoms with E-state index in [-0.39, 0.29) is 0 Å². The summed E-state index contributed by atoms with van der Waals surface area (Å²) in [6.07, 6.45) is 5.84. The molecule has 0 radical (unpaired) electrons. The van der Waals surface area contributed by atoms with E-state index in [1.807, 2.05) is 24.5 Å². The number of hydrogen-bond donors (Lipinski definition) is 3. The number of aromatic nitrogens is 1. The number of benzene rings is 1. The van der Waals surface area contributed by atoms with Crippen molar-refractivity contribution in [2.75, 3.05) is 0 Å². The lowest BCUT2D eigenvalue weighted by molar-refractivity contribution is -0.134. The first-order valence-corrected chi connectivity index (χ1v) is 7.77. The molecule has 0 spiro atoms. The van der Waals surface area contributed by atoms with Crippen LogP contribution in [0.1, 0.15) is 18.1 Å². The predicted molar refractivity (Wildman–Crippen MR) is 95.1 cm³/mol. The van der Waals surface area contributed by atoms with E-state index in [0.29, 0.717) is 18.2 Å². The van der Waals surface area contributed by atoms with Gasteiger partial charge >= 0.3 is 11.9 Å². The van der Waals surface area contributed by atoms with Crippen LogP contribution in [0.15, 0.2) is 67.0 Å². The van der Waals surface area contributed by atoms with Crippen LogP contribution < -0.4 is 5.32 Å². The lowest BCUT2D eigenvalue weighted by atomic mass is 10.1. The summed E-state index contributed by atoms with van der Waals surface area (Å²) in [5.41, 5.74) is 2.65. The minimum atomic E-state index is -1.26. The first-order valence-electron chi connectivity index (χ1n) is 7.77. The molecule has 1 atom stereocenters. The van der Waals surface area contributed by atoms with Gasteiger partial charge in [0, 0.05) is 37.1 Å². The summed E-state index contributed by atoms with van der Waals surface area (Å²) < 4.78 is 0. The van der Waals surface area contributed by atoms with Gasteiger partial charge in [0.25, 0.3) is 0 Å². The van der Waals surface area contributed by atoms with Gasteiger partial charge in [0.15, 0.2) is 0 Å². The Bertz CT molecular complexity index is 656. The number of carboxylic acid groups (broad SMARTS) is 2. The highest BCUT2D eigenvalue weighted by atomic mass is 16.4. The number of nitrogens with one attached hydrogen (secondary N) is 1. The molecule has 1 unspecified atom stereocenters. The van der Waals surface area contributed by atoms with Crippen molar-refractivity contribution in [3.05, 3.63) is 78.1 Å². The van der Waals surface area contributed by atoms with Gasteiger partial charge in [0.2, 0.25) is 0 Å². The van der Waals surface area contributed by atoms with Gasteiger partial charge in [-0.2, -0.15) is 0 Å². The molecule has 0 fully saturated rings. The van der Waals surface area contributed by atoms with Crippen LogP contribution >= 0.6 is 0 Å². The normalized spacial score (nSPS) is 11.4. The molecule has 132 valence electrons. The van der Waals surface area contributed by atoms with Crippen molar-refractivity contribution in [1.82, 2.24) is 10.3 Å². The van der Waals surface area contributed by atoms with Gasteiger partial charge in [-0.15, -0.1) is 0 Å². The Balaban J connectivity index is 0.000000333. The molecule has 6 heteroatoms. The molecule has 1 aromatic carbocycles. The summed E-state index contributed by atoms with van der Waals surface area (Å²) in [5.74, 6) is -2.51. The highest BCUT2D eigenvalue weighted by Crippen LogP contribution is 2.04. The average molecular weight is 342 g/mol. The molecule has 25 heavy (non-hydrogen) atoms. The molecule has 0 aliphatic heterocycles. The average Bonchev–Trinajstić information content (AvgIpc) is 2.60. The fraction of sp³-hybridized carbons (Fsp3) is 0.211. The number of hydrogen-bond acceptors (Lipinski definition) is 4. The van der Waals surface area contributed by atoms with E-state index in [1.54, 1.807) is 0 Å².